The maximum atomic E-state index is 15.6. The molecule has 1 aliphatic heterocycles. The number of carbonyl (C=O) groups excluding carboxylic acids is 1. The van der Waals surface area contributed by atoms with Crippen molar-refractivity contribution in [1.82, 2.24) is 29.5 Å². The molecule has 0 unspecified atom stereocenters. The summed E-state index contributed by atoms with van der Waals surface area (Å²) in [6.45, 7) is 1.50. The highest BCUT2D eigenvalue weighted by molar-refractivity contribution is 5.99. The summed E-state index contributed by atoms with van der Waals surface area (Å²) in [6, 6.07) is 9.23. The van der Waals surface area contributed by atoms with Gasteiger partial charge in [-0.1, -0.05) is 25.0 Å². The lowest BCUT2D eigenvalue weighted by Crippen LogP contribution is -2.39. The highest BCUT2D eigenvalue weighted by Crippen LogP contribution is 2.41. The van der Waals surface area contributed by atoms with Crippen molar-refractivity contribution in [3.05, 3.63) is 71.8 Å². The Morgan fingerprint density at radius 1 is 1.15 bits per heavy atom. The standard InChI is InChI=1S/C34H35F3N8O2/c1-43(2)19-34(12-3-4-13-34)16-21(17-38)33(46)44-14-6-7-22(44)18-45-32-28(31(39)40-20-41-32)30(42-45)24-11-10-23(15-26(24)36)47-27-9-5-8-25(35)29(27)37/h5,8-11,15-16,20,22H,3-4,6-7,12-14,18-19H2,1-2H3,(H2,39,40,41)/t22-/m1/s1. The van der Waals surface area contributed by atoms with Crippen molar-refractivity contribution in [2.45, 2.75) is 51.1 Å². The van der Waals surface area contributed by atoms with Gasteiger partial charge in [0.25, 0.3) is 5.91 Å². The molecule has 2 fully saturated rings. The number of rotatable bonds is 9. The molecule has 6 rings (SSSR count). The topological polar surface area (TPSA) is 126 Å². The summed E-state index contributed by atoms with van der Waals surface area (Å²) in [7, 11) is 4.00. The number of fused-ring (bicyclic) bond motifs is 1. The van der Waals surface area contributed by atoms with E-state index in [1.165, 1.54) is 30.6 Å². The van der Waals surface area contributed by atoms with Crippen LogP contribution in [0.25, 0.3) is 22.3 Å². The second-order valence-electron chi connectivity index (χ2n) is 12.6. The Balaban J connectivity index is 1.29. The highest BCUT2D eigenvalue weighted by atomic mass is 19.2. The predicted molar refractivity (Wildman–Crippen MR) is 169 cm³/mol. The zero-order chi connectivity index (χ0) is 33.3. The van der Waals surface area contributed by atoms with Crippen LogP contribution < -0.4 is 10.5 Å². The Labute approximate surface area is 270 Å². The van der Waals surface area contributed by atoms with Crippen LogP contribution in [0.15, 0.2) is 54.4 Å². The summed E-state index contributed by atoms with van der Waals surface area (Å²) < 4.78 is 50.4. The van der Waals surface area contributed by atoms with Crippen LogP contribution in [-0.2, 0) is 11.3 Å². The largest absolute Gasteiger partial charge is 0.454 e. The van der Waals surface area contributed by atoms with Gasteiger partial charge in [-0.25, -0.2) is 23.4 Å². The van der Waals surface area contributed by atoms with E-state index < -0.39 is 17.5 Å². The smallest absolute Gasteiger partial charge is 0.264 e. The molecule has 10 nitrogen and oxygen atoms in total. The Bertz CT molecular complexity index is 1890. The zero-order valence-corrected chi connectivity index (χ0v) is 26.2. The van der Waals surface area contributed by atoms with E-state index in [2.05, 4.69) is 20.9 Å². The summed E-state index contributed by atoms with van der Waals surface area (Å²) in [5.41, 5.74) is 6.80. The molecule has 0 spiro atoms. The quantitative estimate of drug-likeness (QED) is 0.178. The number of ether oxygens (including phenoxy) is 1. The van der Waals surface area contributed by atoms with Gasteiger partial charge in [0.2, 0.25) is 5.82 Å². The van der Waals surface area contributed by atoms with Crippen LogP contribution in [0.5, 0.6) is 11.5 Å². The number of benzene rings is 2. The summed E-state index contributed by atoms with van der Waals surface area (Å²) >= 11 is 0. The van der Waals surface area contributed by atoms with Crippen molar-refractivity contribution >= 4 is 22.8 Å². The molecule has 0 bridgehead atoms. The van der Waals surface area contributed by atoms with E-state index in [9.17, 15) is 18.8 Å². The van der Waals surface area contributed by atoms with E-state index in [1.807, 2.05) is 20.2 Å². The van der Waals surface area contributed by atoms with Gasteiger partial charge < -0.3 is 20.3 Å². The zero-order valence-electron chi connectivity index (χ0n) is 26.2. The highest BCUT2D eigenvalue weighted by Gasteiger charge is 2.37. The molecule has 3 heterocycles. The molecule has 244 valence electrons. The molecule has 1 amide bonds. The molecule has 1 atom stereocenters. The number of nitrogen functional groups attached to an aromatic ring is 1. The first-order valence-corrected chi connectivity index (χ1v) is 15.6. The van der Waals surface area contributed by atoms with Gasteiger partial charge in [0.1, 0.15) is 41.0 Å². The van der Waals surface area contributed by atoms with Crippen molar-refractivity contribution in [3.8, 4) is 28.8 Å². The minimum atomic E-state index is -1.19. The van der Waals surface area contributed by atoms with Gasteiger partial charge in [-0.2, -0.15) is 14.8 Å². The minimum Gasteiger partial charge on any atom is -0.454 e. The number of nitriles is 1. The van der Waals surface area contributed by atoms with Crippen LogP contribution in [0.3, 0.4) is 0 Å². The molecule has 1 aliphatic carbocycles. The van der Waals surface area contributed by atoms with Crippen LogP contribution in [0.1, 0.15) is 38.5 Å². The molecule has 0 radical (unpaired) electrons. The molecular weight excluding hydrogens is 609 g/mol. The molecule has 47 heavy (non-hydrogen) atoms. The summed E-state index contributed by atoms with van der Waals surface area (Å²) in [4.78, 5) is 26.1. The van der Waals surface area contributed by atoms with Crippen molar-refractivity contribution in [1.29, 1.82) is 5.26 Å². The SMILES string of the molecule is CN(C)CC1(C=C(C#N)C(=O)N2CCC[C@@H]2Cn2nc(-c3ccc(Oc4cccc(F)c4F)cc3F)c3c(N)ncnc32)CCCC1. The maximum Gasteiger partial charge on any atom is 0.264 e. The fraction of sp³-hybridized carbons (Fsp3) is 0.382. The van der Waals surface area contributed by atoms with Gasteiger partial charge in [0.05, 0.1) is 18.0 Å². The molecule has 2 aliphatic rings. The average molecular weight is 645 g/mol. The molecule has 1 saturated carbocycles. The number of aromatic nitrogens is 4. The number of carbonyl (C=O) groups is 1. The monoisotopic (exact) mass is 644 g/mol. The first-order valence-electron chi connectivity index (χ1n) is 15.6. The molecule has 1 saturated heterocycles. The summed E-state index contributed by atoms with van der Waals surface area (Å²) in [6.07, 6.45) is 8.61. The van der Waals surface area contributed by atoms with E-state index >= 15 is 4.39 Å². The van der Waals surface area contributed by atoms with Crippen LogP contribution in [-0.4, -0.2) is 68.7 Å². The van der Waals surface area contributed by atoms with E-state index in [4.69, 9.17) is 15.6 Å². The molecule has 2 aromatic heterocycles. The number of hydrogen-bond acceptors (Lipinski definition) is 8. The van der Waals surface area contributed by atoms with Crippen molar-refractivity contribution in [3.63, 3.8) is 0 Å². The maximum absolute atomic E-state index is 15.6. The third kappa shape index (κ3) is 6.38. The molecular formula is C34H35F3N8O2. The fourth-order valence-electron chi connectivity index (χ4n) is 6.94. The van der Waals surface area contributed by atoms with Gasteiger partial charge in [0.15, 0.2) is 17.2 Å². The summed E-state index contributed by atoms with van der Waals surface area (Å²) in [5.74, 6) is -3.65. The number of halogens is 3. The van der Waals surface area contributed by atoms with Crippen LogP contribution in [0, 0.1) is 34.2 Å². The summed E-state index contributed by atoms with van der Waals surface area (Å²) in [5, 5.41) is 15.1. The van der Waals surface area contributed by atoms with Crippen molar-refractivity contribution < 1.29 is 22.7 Å². The van der Waals surface area contributed by atoms with Crippen molar-refractivity contribution in [2.24, 2.45) is 5.41 Å². The van der Waals surface area contributed by atoms with Crippen molar-refractivity contribution in [2.75, 3.05) is 32.9 Å². The van der Waals surface area contributed by atoms with Gasteiger partial charge in [-0.15, -0.1) is 0 Å². The van der Waals surface area contributed by atoms with E-state index in [0.717, 1.165) is 50.8 Å². The predicted octanol–water partition coefficient (Wildman–Crippen LogP) is 5.85. The lowest BCUT2D eigenvalue weighted by Gasteiger charge is -2.30. The van der Waals surface area contributed by atoms with Gasteiger partial charge in [-0.05, 0) is 64.0 Å². The number of nitrogens with zero attached hydrogens (tertiary/aromatic N) is 7. The third-order valence-corrected chi connectivity index (χ3v) is 8.95. The second kappa shape index (κ2) is 13.0. The van der Waals surface area contributed by atoms with E-state index in [1.54, 1.807) is 9.58 Å². The third-order valence-electron chi connectivity index (χ3n) is 8.95. The number of hydrogen-bond donors (Lipinski definition) is 1. The Morgan fingerprint density at radius 2 is 1.94 bits per heavy atom. The average Bonchev–Trinajstić information content (AvgIpc) is 3.78. The van der Waals surface area contributed by atoms with Crippen LogP contribution in [0.2, 0.25) is 0 Å². The van der Waals surface area contributed by atoms with Crippen LogP contribution in [0.4, 0.5) is 19.0 Å². The molecule has 2 N–H and O–H groups in total. The van der Waals surface area contributed by atoms with E-state index in [-0.39, 0.29) is 58.1 Å². The normalized spacial score (nSPS) is 17.9. The van der Waals surface area contributed by atoms with Gasteiger partial charge in [-0.3, -0.25) is 4.79 Å². The molecule has 4 aromatic rings. The first kappa shape index (κ1) is 32.0. The number of nitrogens with two attached hydrogens (primary N) is 1. The number of amides is 1. The Kier molecular flexibility index (Phi) is 8.88. The van der Waals surface area contributed by atoms with E-state index in [0.29, 0.717) is 24.0 Å². The second-order valence-corrected chi connectivity index (χ2v) is 12.6. The Hall–Kier alpha value is -4.96. The Morgan fingerprint density at radius 3 is 2.66 bits per heavy atom. The van der Waals surface area contributed by atoms with Crippen LogP contribution >= 0.6 is 0 Å². The lowest BCUT2D eigenvalue weighted by molar-refractivity contribution is -0.127. The van der Waals surface area contributed by atoms with Gasteiger partial charge >= 0.3 is 0 Å². The lowest BCUT2D eigenvalue weighted by atomic mass is 9.83. The molecule has 13 heteroatoms. The molecule has 2 aromatic carbocycles. The minimum absolute atomic E-state index is 0.0462. The van der Waals surface area contributed by atoms with Gasteiger partial charge in [0, 0.05) is 30.1 Å². The fourth-order valence-corrected chi connectivity index (χ4v) is 6.94. The number of likely N-dealkylation sites (tertiary alicyclic amines) is 1. The first-order chi connectivity index (χ1) is 22.6. The number of anilines is 1.